The Hall–Kier alpha value is -2.82. The van der Waals surface area contributed by atoms with Crippen LogP contribution in [0.25, 0.3) is 0 Å². The van der Waals surface area contributed by atoms with Crippen LogP contribution >= 0.6 is 0 Å². The van der Waals surface area contributed by atoms with Crippen LogP contribution in [-0.4, -0.2) is 30.1 Å². The van der Waals surface area contributed by atoms with E-state index in [4.69, 9.17) is 4.74 Å². The number of methoxy groups -OCH3 is 1. The summed E-state index contributed by atoms with van der Waals surface area (Å²) in [4.78, 5) is 24.1. The van der Waals surface area contributed by atoms with Gasteiger partial charge in [0, 0.05) is 5.56 Å². The molecule has 2 aromatic carbocycles. The number of phenols is 1. The molecule has 0 aliphatic heterocycles. The summed E-state index contributed by atoms with van der Waals surface area (Å²) in [5.41, 5.74) is 1.57. The second kappa shape index (κ2) is 8.72. The Bertz CT molecular complexity index is 668. The van der Waals surface area contributed by atoms with Gasteiger partial charge in [-0.05, 0) is 49.1 Å². The first-order valence-electron chi connectivity index (χ1n) is 7.82. The normalized spacial score (nSPS) is 11.5. The van der Waals surface area contributed by atoms with Gasteiger partial charge in [0.15, 0.2) is 0 Å². The zero-order chi connectivity index (χ0) is 17.4. The highest BCUT2D eigenvalue weighted by Gasteiger charge is 2.21. The predicted molar refractivity (Wildman–Crippen MR) is 90.8 cm³/mol. The van der Waals surface area contributed by atoms with Gasteiger partial charge in [0.1, 0.15) is 11.8 Å². The summed E-state index contributed by atoms with van der Waals surface area (Å²) in [5.74, 6) is -0.751. The standard InChI is InChI=1S/C19H21NO4/c1-24-19(23)17(9-5-8-14-6-3-2-4-7-14)20-18(22)15-10-12-16(21)13-11-15/h2-4,6-7,10-13,17,21H,5,8-9H2,1H3,(H,20,22)/t17-/m1/s1. The van der Waals surface area contributed by atoms with Crippen molar-refractivity contribution in [3.05, 3.63) is 65.7 Å². The van der Waals surface area contributed by atoms with Gasteiger partial charge in [-0.1, -0.05) is 30.3 Å². The van der Waals surface area contributed by atoms with Crippen molar-refractivity contribution < 1.29 is 19.4 Å². The van der Waals surface area contributed by atoms with E-state index >= 15 is 0 Å². The fourth-order valence-electron chi connectivity index (χ4n) is 2.40. The molecule has 0 unspecified atom stereocenters. The molecular formula is C19H21NO4. The summed E-state index contributed by atoms with van der Waals surface area (Å²) in [5, 5.41) is 12.0. The first kappa shape index (κ1) is 17.5. The van der Waals surface area contributed by atoms with E-state index in [9.17, 15) is 14.7 Å². The maximum absolute atomic E-state index is 12.2. The van der Waals surface area contributed by atoms with Gasteiger partial charge in [-0.15, -0.1) is 0 Å². The molecule has 5 nitrogen and oxygen atoms in total. The van der Waals surface area contributed by atoms with Crippen LogP contribution in [0.3, 0.4) is 0 Å². The van der Waals surface area contributed by atoms with E-state index < -0.39 is 12.0 Å². The minimum Gasteiger partial charge on any atom is -0.508 e. The van der Waals surface area contributed by atoms with Crippen LogP contribution in [-0.2, 0) is 16.0 Å². The second-order valence-corrected chi connectivity index (χ2v) is 5.47. The number of carbonyl (C=O) groups excluding carboxylic acids is 2. The largest absolute Gasteiger partial charge is 0.508 e. The van der Waals surface area contributed by atoms with E-state index in [1.165, 1.54) is 36.9 Å². The summed E-state index contributed by atoms with van der Waals surface area (Å²) in [7, 11) is 1.30. The molecule has 2 N–H and O–H groups in total. The zero-order valence-electron chi connectivity index (χ0n) is 13.6. The molecule has 0 fully saturated rings. The lowest BCUT2D eigenvalue weighted by atomic mass is 10.0. The van der Waals surface area contributed by atoms with Gasteiger partial charge in [0.25, 0.3) is 5.91 Å². The summed E-state index contributed by atoms with van der Waals surface area (Å²) in [6.07, 6.45) is 2.06. The van der Waals surface area contributed by atoms with Crippen molar-refractivity contribution in [3.63, 3.8) is 0 Å². The first-order valence-corrected chi connectivity index (χ1v) is 7.82. The lowest BCUT2D eigenvalue weighted by Crippen LogP contribution is -2.41. The molecule has 0 bridgehead atoms. The third kappa shape index (κ3) is 5.12. The molecule has 24 heavy (non-hydrogen) atoms. The van der Waals surface area contributed by atoms with Crippen molar-refractivity contribution >= 4 is 11.9 Å². The first-order chi connectivity index (χ1) is 11.6. The van der Waals surface area contributed by atoms with Crippen molar-refractivity contribution in [2.75, 3.05) is 7.11 Å². The third-order valence-corrected chi connectivity index (χ3v) is 3.72. The van der Waals surface area contributed by atoms with Crippen molar-refractivity contribution in [1.82, 2.24) is 5.32 Å². The van der Waals surface area contributed by atoms with Crippen LogP contribution in [0.15, 0.2) is 54.6 Å². The van der Waals surface area contributed by atoms with Gasteiger partial charge in [-0.25, -0.2) is 4.79 Å². The van der Waals surface area contributed by atoms with Gasteiger partial charge >= 0.3 is 5.97 Å². The summed E-state index contributed by atoms with van der Waals surface area (Å²) < 4.78 is 4.78. The fourth-order valence-corrected chi connectivity index (χ4v) is 2.40. The van der Waals surface area contributed by atoms with Crippen LogP contribution in [0, 0.1) is 0 Å². The van der Waals surface area contributed by atoms with Gasteiger partial charge in [-0.3, -0.25) is 4.79 Å². The quantitative estimate of drug-likeness (QED) is 0.767. The van der Waals surface area contributed by atoms with Crippen LogP contribution < -0.4 is 5.32 Å². The number of rotatable bonds is 7. The number of esters is 1. The molecule has 0 saturated heterocycles. The SMILES string of the molecule is COC(=O)[C@@H](CCCc1ccccc1)NC(=O)c1ccc(O)cc1. The number of hydrogen-bond donors (Lipinski definition) is 2. The van der Waals surface area contributed by atoms with E-state index in [0.29, 0.717) is 12.0 Å². The van der Waals surface area contributed by atoms with E-state index in [1.807, 2.05) is 30.3 Å². The smallest absolute Gasteiger partial charge is 0.328 e. The number of nitrogens with one attached hydrogen (secondary N) is 1. The molecule has 0 saturated carbocycles. The van der Waals surface area contributed by atoms with Gasteiger partial charge < -0.3 is 15.2 Å². The highest BCUT2D eigenvalue weighted by Crippen LogP contribution is 2.11. The average Bonchev–Trinajstić information content (AvgIpc) is 2.61. The Morgan fingerprint density at radius 2 is 1.75 bits per heavy atom. The highest BCUT2D eigenvalue weighted by atomic mass is 16.5. The van der Waals surface area contributed by atoms with Crippen LogP contribution in [0.2, 0.25) is 0 Å². The topological polar surface area (TPSA) is 75.6 Å². The number of benzene rings is 2. The maximum Gasteiger partial charge on any atom is 0.328 e. The van der Waals surface area contributed by atoms with Crippen LogP contribution in [0.5, 0.6) is 5.75 Å². The summed E-state index contributed by atoms with van der Waals surface area (Å²) in [6.45, 7) is 0. The highest BCUT2D eigenvalue weighted by molar-refractivity contribution is 5.96. The van der Waals surface area contributed by atoms with E-state index in [2.05, 4.69) is 5.32 Å². The Morgan fingerprint density at radius 3 is 2.38 bits per heavy atom. The molecule has 0 aromatic heterocycles. The molecule has 5 heteroatoms. The lowest BCUT2D eigenvalue weighted by Gasteiger charge is -2.16. The lowest BCUT2D eigenvalue weighted by molar-refractivity contribution is -0.143. The number of amides is 1. The monoisotopic (exact) mass is 327 g/mol. The number of phenolic OH excluding ortho intramolecular Hbond substituents is 1. The Labute approximate surface area is 141 Å². The van der Waals surface area contributed by atoms with Gasteiger partial charge in [0.05, 0.1) is 7.11 Å². The minimum absolute atomic E-state index is 0.0823. The van der Waals surface area contributed by atoms with E-state index in [-0.39, 0.29) is 11.7 Å². The van der Waals surface area contributed by atoms with E-state index in [1.54, 1.807) is 0 Å². The number of hydrogen-bond acceptors (Lipinski definition) is 4. The molecule has 1 amide bonds. The van der Waals surface area contributed by atoms with E-state index in [0.717, 1.165) is 12.8 Å². The van der Waals surface area contributed by atoms with Gasteiger partial charge in [0.2, 0.25) is 0 Å². The molecule has 0 aliphatic rings. The molecule has 2 rings (SSSR count). The van der Waals surface area contributed by atoms with Crippen molar-refractivity contribution in [2.45, 2.75) is 25.3 Å². The van der Waals surface area contributed by atoms with Crippen molar-refractivity contribution in [3.8, 4) is 5.75 Å². The predicted octanol–water partition coefficient (Wildman–Crippen LogP) is 2.69. The minimum atomic E-state index is -0.694. The fraction of sp³-hybridized carbons (Fsp3) is 0.263. The molecule has 0 radical (unpaired) electrons. The molecule has 0 aliphatic carbocycles. The summed E-state index contributed by atoms with van der Waals surface area (Å²) in [6, 6.07) is 15.1. The second-order valence-electron chi connectivity index (χ2n) is 5.47. The third-order valence-electron chi connectivity index (χ3n) is 3.72. The molecule has 1 atom stereocenters. The molecule has 126 valence electrons. The number of aryl methyl sites for hydroxylation is 1. The number of ether oxygens (including phenoxy) is 1. The summed E-state index contributed by atoms with van der Waals surface area (Å²) >= 11 is 0. The van der Waals surface area contributed by atoms with Crippen LogP contribution in [0.4, 0.5) is 0 Å². The number of carbonyl (C=O) groups is 2. The Morgan fingerprint density at radius 1 is 1.08 bits per heavy atom. The average molecular weight is 327 g/mol. The number of aromatic hydroxyl groups is 1. The molecule has 0 spiro atoms. The maximum atomic E-state index is 12.2. The molecule has 0 heterocycles. The van der Waals surface area contributed by atoms with Crippen molar-refractivity contribution in [2.24, 2.45) is 0 Å². The van der Waals surface area contributed by atoms with Crippen LogP contribution in [0.1, 0.15) is 28.8 Å². The zero-order valence-corrected chi connectivity index (χ0v) is 13.6. The molecule has 2 aromatic rings. The Balaban J connectivity index is 1.93. The molecular weight excluding hydrogens is 306 g/mol. The van der Waals surface area contributed by atoms with Crippen molar-refractivity contribution in [1.29, 1.82) is 0 Å². The Kier molecular flexibility index (Phi) is 6.37. The van der Waals surface area contributed by atoms with Gasteiger partial charge in [-0.2, -0.15) is 0 Å².